The van der Waals surface area contributed by atoms with E-state index >= 15 is 0 Å². The summed E-state index contributed by atoms with van der Waals surface area (Å²) in [5.74, 6) is 0. The van der Waals surface area contributed by atoms with Crippen molar-refractivity contribution in [2.75, 3.05) is 4.90 Å². The van der Waals surface area contributed by atoms with Gasteiger partial charge in [0.05, 0.1) is 16.4 Å². The predicted molar refractivity (Wildman–Crippen MR) is 283 cm³/mol. The second kappa shape index (κ2) is 14.3. The number of para-hydroxylation sites is 2. The number of nitrogens with zero attached hydrogens (tertiary/aromatic N) is 2. The molecule has 2 aromatic heterocycles. The summed E-state index contributed by atoms with van der Waals surface area (Å²) in [6, 6.07) is 86.3. The van der Waals surface area contributed by atoms with Crippen LogP contribution in [0.5, 0.6) is 0 Å². The van der Waals surface area contributed by atoms with Gasteiger partial charge in [-0.15, -0.1) is 11.3 Å². The highest BCUT2D eigenvalue weighted by molar-refractivity contribution is 7.25. The first kappa shape index (κ1) is 38.3. The van der Waals surface area contributed by atoms with E-state index in [2.05, 4.69) is 254 Å². The SMILES string of the molecule is CC1(C)c2ccccc2C2(c3ccccc3-c3cc(N(c4ccc(-c5ccc6sc7ccccc7c6c5)cc4)c4cccc(-n5c6ccccc6c6ccccc65)c4)ccc32)c2ccccc21. The Balaban J connectivity index is 0.975. The number of hydrogen-bond acceptors (Lipinski definition) is 2. The zero-order chi connectivity index (χ0) is 44.4. The molecule has 0 saturated carbocycles. The lowest BCUT2D eigenvalue weighted by atomic mass is 9.55. The van der Waals surface area contributed by atoms with E-state index in [1.807, 2.05) is 11.3 Å². The van der Waals surface area contributed by atoms with Gasteiger partial charge in [-0.05, 0) is 128 Å². The maximum Gasteiger partial charge on any atom is 0.0719 e. The normalized spacial score (nSPS) is 14.1. The molecule has 12 aromatic rings. The molecule has 2 nitrogen and oxygen atoms in total. The van der Waals surface area contributed by atoms with E-state index in [1.54, 1.807) is 0 Å². The Labute approximate surface area is 394 Å². The highest BCUT2D eigenvalue weighted by Crippen LogP contribution is 2.62. The Morgan fingerprint density at radius 2 is 0.896 bits per heavy atom. The third-order valence-corrected chi connectivity index (χ3v) is 16.2. The summed E-state index contributed by atoms with van der Waals surface area (Å²) in [7, 11) is 0. The van der Waals surface area contributed by atoms with Crippen LogP contribution in [0.3, 0.4) is 0 Å². The molecule has 14 rings (SSSR count). The molecule has 316 valence electrons. The van der Waals surface area contributed by atoms with Crippen molar-refractivity contribution in [3.8, 4) is 27.9 Å². The summed E-state index contributed by atoms with van der Waals surface area (Å²) in [5.41, 5.74) is 19.4. The van der Waals surface area contributed by atoms with Gasteiger partial charge in [-0.2, -0.15) is 0 Å². The quantitative estimate of drug-likeness (QED) is 0.167. The third kappa shape index (κ3) is 5.38. The number of hydrogen-bond donors (Lipinski definition) is 0. The molecular formula is C64H44N2S. The Morgan fingerprint density at radius 1 is 0.358 bits per heavy atom. The fourth-order valence-electron chi connectivity index (χ4n) is 12.1. The van der Waals surface area contributed by atoms with Crippen molar-refractivity contribution in [2.24, 2.45) is 0 Å². The van der Waals surface area contributed by atoms with Crippen molar-refractivity contribution >= 4 is 70.4 Å². The van der Waals surface area contributed by atoms with Gasteiger partial charge >= 0.3 is 0 Å². The second-order valence-electron chi connectivity index (χ2n) is 18.8. The number of aromatic nitrogens is 1. The van der Waals surface area contributed by atoms with Crippen molar-refractivity contribution in [1.82, 2.24) is 4.57 Å². The van der Waals surface area contributed by atoms with E-state index in [4.69, 9.17) is 0 Å². The molecular weight excluding hydrogens is 829 g/mol. The van der Waals surface area contributed by atoms with Gasteiger partial charge < -0.3 is 9.47 Å². The van der Waals surface area contributed by atoms with Crippen molar-refractivity contribution in [3.05, 3.63) is 264 Å². The van der Waals surface area contributed by atoms with E-state index in [1.165, 1.54) is 97.6 Å². The number of fused-ring (bicyclic) bond motifs is 15. The van der Waals surface area contributed by atoms with Gasteiger partial charge in [-0.1, -0.05) is 172 Å². The zero-order valence-electron chi connectivity index (χ0n) is 37.2. The summed E-state index contributed by atoms with van der Waals surface area (Å²) in [5, 5.41) is 5.14. The van der Waals surface area contributed by atoms with E-state index in [-0.39, 0.29) is 5.41 Å². The second-order valence-corrected chi connectivity index (χ2v) is 19.9. The molecule has 1 spiro atoms. The molecule has 0 aliphatic heterocycles. The minimum atomic E-state index is -0.453. The summed E-state index contributed by atoms with van der Waals surface area (Å²) >= 11 is 1.86. The summed E-state index contributed by atoms with van der Waals surface area (Å²) in [4.78, 5) is 2.45. The fraction of sp³-hybridized carbons (Fsp3) is 0.0625. The van der Waals surface area contributed by atoms with E-state index in [0.29, 0.717) is 0 Å². The first-order valence-corrected chi connectivity index (χ1v) is 24.1. The molecule has 2 aliphatic rings. The predicted octanol–water partition coefficient (Wildman–Crippen LogP) is 17.3. The van der Waals surface area contributed by atoms with Crippen LogP contribution < -0.4 is 4.90 Å². The molecule has 0 amide bonds. The topological polar surface area (TPSA) is 8.17 Å². The zero-order valence-corrected chi connectivity index (χ0v) is 38.1. The van der Waals surface area contributed by atoms with Crippen LogP contribution in [0.1, 0.15) is 47.2 Å². The van der Waals surface area contributed by atoms with E-state index in [9.17, 15) is 0 Å². The molecule has 2 heterocycles. The smallest absolute Gasteiger partial charge is 0.0719 e. The largest absolute Gasteiger partial charge is 0.310 e. The van der Waals surface area contributed by atoms with Crippen LogP contribution >= 0.6 is 11.3 Å². The number of benzene rings is 10. The van der Waals surface area contributed by atoms with Crippen molar-refractivity contribution in [1.29, 1.82) is 0 Å². The molecule has 67 heavy (non-hydrogen) atoms. The van der Waals surface area contributed by atoms with Crippen molar-refractivity contribution in [2.45, 2.75) is 24.7 Å². The van der Waals surface area contributed by atoms with Crippen LogP contribution in [0.4, 0.5) is 17.1 Å². The highest BCUT2D eigenvalue weighted by Gasteiger charge is 2.53. The van der Waals surface area contributed by atoms with Crippen LogP contribution in [0.25, 0.3) is 69.9 Å². The average Bonchev–Trinajstić information content (AvgIpc) is 4.02. The molecule has 0 radical (unpaired) electrons. The van der Waals surface area contributed by atoms with Gasteiger partial charge in [0.25, 0.3) is 0 Å². The monoisotopic (exact) mass is 872 g/mol. The lowest BCUT2D eigenvalue weighted by molar-refractivity contribution is 0.563. The first-order chi connectivity index (χ1) is 33.0. The molecule has 2 aliphatic carbocycles. The van der Waals surface area contributed by atoms with Gasteiger partial charge in [0, 0.05) is 59.1 Å². The van der Waals surface area contributed by atoms with E-state index < -0.39 is 5.41 Å². The van der Waals surface area contributed by atoms with Gasteiger partial charge in [0.2, 0.25) is 0 Å². The lowest BCUT2D eigenvalue weighted by Gasteiger charge is -2.46. The molecule has 10 aromatic carbocycles. The van der Waals surface area contributed by atoms with Gasteiger partial charge in [0.1, 0.15) is 0 Å². The molecule has 3 heteroatoms. The Kier molecular flexibility index (Phi) is 8.15. The molecule has 0 atom stereocenters. The minimum Gasteiger partial charge on any atom is -0.310 e. The third-order valence-electron chi connectivity index (χ3n) is 15.1. The summed E-state index contributed by atoms with van der Waals surface area (Å²) in [6.45, 7) is 4.78. The van der Waals surface area contributed by atoms with Crippen LogP contribution in [-0.2, 0) is 10.8 Å². The van der Waals surface area contributed by atoms with Gasteiger partial charge in [-0.3, -0.25) is 0 Å². The Hall–Kier alpha value is -7.98. The van der Waals surface area contributed by atoms with Crippen LogP contribution in [0.15, 0.2) is 231 Å². The fourth-order valence-corrected chi connectivity index (χ4v) is 13.2. The minimum absolute atomic E-state index is 0.149. The van der Waals surface area contributed by atoms with Crippen LogP contribution in [-0.4, -0.2) is 4.57 Å². The summed E-state index contributed by atoms with van der Waals surface area (Å²) in [6.07, 6.45) is 0. The van der Waals surface area contributed by atoms with E-state index in [0.717, 1.165) is 22.7 Å². The highest BCUT2D eigenvalue weighted by atomic mass is 32.1. The Morgan fingerprint density at radius 3 is 1.61 bits per heavy atom. The average molecular weight is 873 g/mol. The van der Waals surface area contributed by atoms with Crippen LogP contribution in [0, 0.1) is 0 Å². The summed E-state index contributed by atoms with van der Waals surface area (Å²) < 4.78 is 5.06. The van der Waals surface area contributed by atoms with Crippen molar-refractivity contribution in [3.63, 3.8) is 0 Å². The van der Waals surface area contributed by atoms with Crippen LogP contribution in [0.2, 0.25) is 0 Å². The molecule has 0 unspecified atom stereocenters. The Bertz CT molecular complexity index is 3870. The standard InChI is InChI=1S/C64H44N2S/c1-63(2)55-23-8-10-25-57(55)64(58-26-11-9-24-56(58)63)53-22-7-3-18-47(53)51-40-46(35-36-54(51)64)65(43-33-30-41(31-34-43)42-32-37-62-52(38-42)50-21-6-14-29-61(50)67-62)44-16-15-17-45(39-44)66-59-27-12-4-19-48(59)49-20-5-13-28-60(49)66/h3-40H,1-2H3. The van der Waals surface area contributed by atoms with Crippen molar-refractivity contribution < 1.29 is 0 Å². The number of thiophene rings is 1. The molecule has 0 fully saturated rings. The molecule has 0 saturated heterocycles. The van der Waals surface area contributed by atoms with Gasteiger partial charge in [-0.25, -0.2) is 0 Å². The maximum atomic E-state index is 2.46. The number of anilines is 3. The first-order valence-electron chi connectivity index (χ1n) is 23.3. The molecule has 0 bridgehead atoms. The number of rotatable bonds is 5. The maximum absolute atomic E-state index is 2.46. The lowest BCUT2D eigenvalue weighted by Crippen LogP contribution is -2.40. The molecule has 0 N–H and O–H groups in total. The van der Waals surface area contributed by atoms with Gasteiger partial charge in [0.15, 0.2) is 0 Å².